The van der Waals surface area contributed by atoms with Crippen LogP contribution in [0, 0.1) is 0 Å². The summed E-state index contributed by atoms with van der Waals surface area (Å²) in [6.45, 7) is 5.70. The lowest BCUT2D eigenvalue weighted by molar-refractivity contribution is 0.118. The molecular weight excluding hydrogens is 254 g/mol. The molecule has 0 atom stereocenters. The predicted octanol–water partition coefficient (Wildman–Crippen LogP) is 2.97. The van der Waals surface area contributed by atoms with E-state index in [1.165, 1.54) is 5.56 Å². The standard InChI is InChI=1S/C12H18BrNO/c1-2-14-7-4-8-15-10-11-5-3-6-12(13)9-11/h3,5-6,9,14H,2,4,7-8,10H2,1H3. The Hall–Kier alpha value is -0.380. The van der Waals surface area contributed by atoms with Gasteiger partial charge in [0.15, 0.2) is 0 Å². The number of ether oxygens (including phenoxy) is 1. The molecule has 0 saturated carbocycles. The van der Waals surface area contributed by atoms with Gasteiger partial charge in [-0.1, -0.05) is 35.0 Å². The Balaban J connectivity index is 2.10. The molecule has 15 heavy (non-hydrogen) atoms. The summed E-state index contributed by atoms with van der Waals surface area (Å²) in [5, 5.41) is 3.27. The van der Waals surface area contributed by atoms with Crippen molar-refractivity contribution in [3.8, 4) is 0 Å². The Morgan fingerprint density at radius 2 is 2.27 bits per heavy atom. The van der Waals surface area contributed by atoms with E-state index in [-0.39, 0.29) is 0 Å². The molecule has 1 aromatic carbocycles. The van der Waals surface area contributed by atoms with Crippen LogP contribution < -0.4 is 5.32 Å². The predicted molar refractivity (Wildman–Crippen MR) is 67.0 cm³/mol. The zero-order valence-corrected chi connectivity index (χ0v) is 10.7. The highest BCUT2D eigenvalue weighted by molar-refractivity contribution is 9.10. The molecule has 0 aliphatic rings. The van der Waals surface area contributed by atoms with Crippen LogP contribution in [0.15, 0.2) is 28.7 Å². The molecule has 0 saturated heterocycles. The van der Waals surface area contributed by atoms with Gasteiger partial charge in [0.1, 0.15) is 0 Å². The average molecular weight is 272 g/mol. The van der Waals surface area contributed by atoms with Crippen LogP contribution >= 0.6 is 15.9 Å². The molecule has 0 aliphatic carbocycles. The summed E-state index contributed by atoms with van der Waals surface area (Å²) in [5.74, 6) is 0. The minimum atomic E-state index is 0.700. The summed E-state index contributed by atoms with van der Waals surface area (Å²) < 4.78 is 6.67. The van der Waals surface area contributed by atoms with Crippen LogP contribution in [0.4, 0.5) is 0 Å². The van der Waals surface area contributed by atoms with E-state index < -0.39 is 0 Å². The van der Waals surface area contributed by atoms with Crippen LogP contribution in [0.1, 0.15) is 18.9 Å². The van der Waals surface area contributed by atoms with Crippen LogP contribution in [0.5, 0.6) is 0 Å². The minimum absolute atomic E-state index is 0.700. The molecule has 0 unspecified atom stereocenters. The summed E-state index contributed by atoms with van der Waals surface area (Å²) >= 11 is 3.44. The Labute approximate surface area is 100 Å². The lowest BCUT2D eigenvalue weighted by Crippen LogP contribution is -2.15. The molecule has 0 fully saturated rings. The van der Waals surface area contributed by atoms with Gasteiger partial charge in [-0.05, 0) is 37.2 Å². The van der Waals surface area contributed by atoms with Gasteiger partial charge in [-0.3, -0.25) is 0 Å². The molecule has 3 heteroatoms. The summed E-state index contributed by atoms with van der Waals surface area (Å²) in [4.78, 5) is 0. The van der Waals surface area contributed by atoms with Crippen LogP contribution in [0.2, 0.25) is 0 Å². The normalized spacial score (nSPS) is 10.5. The number of nitrogens with one attached hydrogen (secondary N) is 1. The second-order valence-corrected chi connectivity index (χ2v) is 4.31. The lowest BCUT2D eigenvalue weighted by Gasteiger charge is -2.05. The number of hydrogen-bond acceptors (Lipinski definition) is 2. The largest absolute Gasteiger partial charge is 0.377 e. The van der Waals surface area contributed by atoms with Gasteiger partial charge in [0.2, 0.25) is 0 Å². The fourth-order valence-corrected chi connectivity index (χ4v) is 1.74. The van der Waals surface area contributed by atoms with Crippen molar-refractivity contribution in [3.05, 3.63) is 34.3 Å². The molecule has 0 amide bonds. The van der Waals surface area contributed by atoms with Gasteiger partial charge >= 0.3 is 0 Å². The second kappa shape index (κ2) is 7.85. The number of halogens is 1. The minimum Gasteiger partial charge on any atom is -0.377 e. The van der Waals surface area contributed by atoms with E-state index in [1.54, 1.807) is 0 Å². The zero-order valence-electron chi connectivity index (χ0n) is 9.13. The Morgan fingerprint density at radius 1 is 1.40 bits per heavy atom. The second-order valence-electron chi connectivity index (χ2n) is 3.39. The van der Waals surface area contributed by atoms with Crippen LogP contribution in [0.3, 0.4) is 0 Å². The third-order valence-corrected chi connectivity index (χ3v) is 2.54. The van der Waals surface area contributed by atoms with Gasteiger partial charge in [0.25, 0.3) is 0 Å². The van der Waals surface area contributed by atoms with Gasteiger partial charge < -0.3 is 10.1 Å². The van der Waals surface area contributed by atoms with Crippen molar-refractivity contribution in [1.29, 1.82) is 0 Å². The molecular formula is C12H18BrNO. The van der Waals surface area contributed by atoms with Gasteiger partial charge in [0.05, 0.1) is 6.61 Å². The van der Waals surface area contributed by atoms with E-state index in [9.17, 15) is 0 Å². The van der Waals surface area contributed by atoms with Gasteiger partial charge in [-0.25, -0.2) is 0 Å². The smallest absolute Gasteiger partial charge is 0.0717 e. The third-order valence-electron chi connectivity index (χ3n) is 2.05. The van der Waals surface area contributed by atoms with Crippen LogP contribution in [0.25, 0.3) is 0 Å². The zero-order chi connectivity index (χ0) is 10.9. The molecule has 1 N–H and O–H groups in total. The highest BCUT2D eigenvalue weighted by atomic mass is 79.9. The quantitative estimate of drug-likeness (QED) is 0.770. The summed E-state index contributed by atoms with van der Waals surface area (Å²) in [6, 6.07) is 8.22. The molecule has 84 valence electrons. The Kier molecular flexibility index (Phi) is 6.64. The van der Waals surface area contributed by atoms with Gasteiger partial charge in [-0.15, -0.1) is 0 Å². The van der Waals surface area contributed by atoms with E-state index in [1.807, 2.05) is 12.1 Å². The Bertz CT molecular complexity index is 278. The van der Waals surface area contributed by atoms with E-state index in [4.69, 9.17) is 4.74 Å². The lowest BCUT2D eigenvalue weighted by atomic mass is 10.2. The first-order valence-electron chi connectivity index (χ1n) is 5.36. The summed E-state index contributed by atoms with van der Waals surface area (Å²) in [7, 11) is 0. The van der Waals surface area contributed by atoms with Crippen molar-refractivity contribution in [3.63, 3.8) is 0 Å². The SMILES string of the molecule is CCNCCCOCc1cccc(Br)c1. The molecule has 0 aliphatic heterocycles. The highest BCUT2D eigenvalue weighted by Crippen LogP contribution is 2.12. The van der Waals surface area contributed by atoms with E-state index in [0.717, 1.165) is 30.6 Å². The molecule has 0 radical (unpaired) electrons. The molecule has 2 nitrogen and oxygen atoms in total. The van der Waals surface area contributed by atoms with E-state index in [2.05, 4.69) is 40.3 Å². The first-order valence-corrected chi connectivity index (χ1v) is 6.15. The van der Waals surface area contributed by atoms with E-state index >= 15 is 0 Å². The maximum Gasteiger partial charge on any atom is 0.0717 e. The van der Waals surface area contributed by atoms with Crippen molar-refractivity contribution in [1.82, 2.24) is 5.32 Å². The van der Waals surface area contributed by atoms with Crippen molar-refractivity contribution in [2.75, 3.05) is 19.7 Å². The maximum atomic E-state index is 5.56. The van der Waals surface area contributed by atoms with Crippen LogP contribution in [-0.4, -0.2) is 19.7 Å². The first kappa shape index (κ1) is 12.7. The maximum absolute atomic E-state index is 5.56. The first-order chi connectivity index (χ1) is 7.33. The number of benzene rings is 1. The molecule has 0 spiro atoms. The molecule has 0 heterocycles. The molecule has 0 aromatic heterocycles. The number of hydrogen-bond donors (Lipinski definition) is 1. The highest BCUT2D eigenvalue weighted by Gasteiger charge is 1.94. The topological polar surface area (TPSA) is 21.3 Å². The third kappa shape index (κ3) is 5.92. The average Bonchev–Trinajstić information content (AvgIpc) is 2.23. The van der Waals surface area contributed by atoms with Gasteiger partial charge in [-0.2, -0.15) is 0 Å². The molecule has 1 aromatic rings. The van der Waals surface area contributed by atoms with Gasteiger partial charge in [0, 0.05) is 11.1 Å². The van der Waals surface area contributed by atoms with Crippen molar-refractivity contribution in [2.45, 2.75) is 20.0 Å². The monoisotopic (exact) mass is 271 g/mol. The van der Waals surface area contributed by atoms with Crippen LogP contribution in [-0.2, 0) is 11.3 Å². The molecule has 1 rings (SSSR count). The fraction of sp³-hybridized carbons (Fsp3) is 0.500. The summed E-state index contributed by atoms with van der Waals surface area (Å²) in [6.07, 6.45) is 1.07. The van der Waals surface area contributed by atoms with Crippen molar-refractivity contribution in [2.24, 2.45) is 0 Å². The van der Waals surface area contributed by atoms with E-state index in [0.29, 0.717) is 6.61 Å². The molecule has 0 bridgehead atoms. The fourth-order valence-electron chi connectivity index (χ4n) is 1.29. The van der Waals surface area contributed by atoms with Crippen molar-refractivity contribution < 1.29 is 4.74 Å². The van der Waals surface area contributed by atoms with Crippen molar-refractivity contribution >= 4 is 15.9 Å². The Morgan fingerprint density at radius 3 is 3.00 bits per heavy atom. The summed E-state index contributed by atoms with van der Waals surface area (Å²) in [5.41, 5.74) is 1.22. The number of rotatable bonds is 7.